The Morgan fingerprint density at radius 3 is 2.48 bits per heavy atom. The summed E-state index contributed by atoms with van der Waals surface area (Å²) in [6.07, 6.45) is -0.617. The van der Waals surface area contributed by atoms with E-state index in [1.54, 1.807) is 11.3 Å². The molecule has 0 aliphatic carbocycles. The van der Waals surface area contributed by atoms with E-state index in [1.807, 2.05) is 50.4 Å². The summed E-state index contributed by atoms with van der Waals surface area (Å²) in [5.74, 6) is 0. The number of aliphatic hydroxyl groups excluding tert-OH is 1. The second-order valence-electron chi connectivity index (χ2n) is 5.58. The molecule has 2 aromatic rings. The van der Waals surface area contributed by atoms with Crippen LogP contribution in [-0.4, -0.2) is 36.3 Å². The summed E-state index contributed by atoms with van der Waals surface area (Å²) in [4.78, 5) is 3.24. The van der Waals surface area contributed by atoms with Crippen LogP contribution in [0.1, 0.15) is 23.5 Å². The summed E-state index contributed by atoms with van der Waals surface area (Å²) in [6.45, 7) is 3.57. The molecule has 3 nitrogen and oxygen atoms in total. The average Bonchev–Trinajstić information content (AvgIpc) is 2.90. The summed E-state index contributed by atoms with van der Waals surface area (Å²) in [7, 11) is 1.97. The van der Waals surface area contributed by atoms with Gasteiger partial charge < -0.3 is 9.84 Å². The number of hydrogen-bond donors (Lipinski definition) is 1. The topological polar surface area (TPSA) is 32.7 Å². The lowest BCUT2D eigenvalue weighted by molar-refractivity contribution is -0.0137. The zero-order valence-electron chi connectivity index (χ0n) is 13.2. The molecule has 0 fully saturated rings. The molecule has 0 saturated carbocycles. The number of rotatable bonds is 8. The zero-order chi connectivity index (χ0) is 16.8. The van der Waals surface area contributed by atoms with E-state index >= 15 is 0 Å². The highest BCUT2D eigenvalue weighted by molar-refractivity contribution is 7.16. The quantitative estimate of drug-likeness (QED) is 0.732. The van der Waals surface area contributed by atoms with Crippen LogP contribution in [0.3, 0.4) is 0 Å². The first-order valence-electron chi connectivity index (χ1n) is 7.42. The maximum atomic E-state index is 10.1. The number of ether oxygens (including phenoxy) is 1. The van der Waals surface area contributed by atoms with Crippen molar-refractivity contribution in [3.63, 3.8) is 0 Å². The normalized spacial score (nSPS) is 14.2. The van der Waals surface area contributed by atoms with Crippen LogP contribution in [0.15, 0.2) is 36.4 Å². The highest BCUT2D eigenvalue weighted by Crippen LogP contribution is 2.22. The van der Waals surface area contributed by atoms with E-state index in [-0.39, 0.29) is 6.10 Å². The van der Waals surface area contributed by atoms with Crippen LogP contribution in [0, 0.1) is 0 Å². The molecule has 0 saturated heterocycles. The van der Waals surface area contributed by atoms with Gasteiger partial charge in [0.15, 0.2) is 0 Å². The minimum absolute atomic E-state index is 0.0803. The van der Waals surface area contributed by atoms with Gasteiger partial charge in [-0.25, -0.2) is 0 Å². The average molecular weight is 374 g/mol. The molecule has 2 rings (SSSR count). The molecule has 1 aromatic heterocycles. The van der Waals surface area contributed by atoms with Crippen LogP contribution < -0.4 is 0 Å². The van der Waals surface area contributed by atoms with Gasteiger partial charge >= 0.3 is 0 Å². The van der Waals surface area contributed by atoms with Crippen molar-refractivity contribution in [2.75, 3.05) is 20.2 Å². The third kappa shape index (κ3) is 6.42. The lowest BCUT2D eigenvalue weighted by atomic mass is 10.1. The van der Waals surface area contributed by atoms with Crippen molar-refractivity contribution >= 4 is 34.5 Å². The molecule has 6 heteroatoms. The van der Waals surface area contributed by atoms with E-state index in [2.05, 4.69) is 4.90 Å². The van der Waals surface area contributed by atoms with Gasteiger partial charge in [-0.05, 0) is 43.8 Å². The van der Waals surface area contributed by atoms with E-state index in [1.165, 1.54) is 4.88 Å². The molecule has 23 heavy (non-hydrogen) atoms. The first-order valence-corrected chi connectivity index (χ1v) is 8.99. The van der Waals surface area contributed by atoms with Crippen LogP contribution >= 0.6 is 34.5 Å². The van der Waals surface area contributed by atoms with Gasteiger partial charge in [0.25, 0.3) is 0 Å². The molecule has 1 heterocycles. The first-order chi connectivity index (χ1) is 10.9. The summed E-state index contributed by atoms with van der Waals surface area (Å²) >= 11 is 13.4. The Morgan fingerprint density at radius 2 is 1.87 bits per heavy atom. The van der Waals surface area contributed by atoms with Gasteiger partial charge in [-0.3, -0.25) is 4.90 Å². The molecular formula is C17H21Cl2NO2S. The van der Waals surface area contributed by atoms with Crippen molar-refractivity contribution in [3.8, 4) is 0 Å². The predicted octanol–water partition coefficient (Wildman–Crippen LogP) is 4.63. The van der Waals surface area contributed by atoms with Crippen molar-refractivity contribution in [3.05, 3.63) is 56.2 Å². The number of halogens is 2. The van der Waals surface area contributed by atoms with Crippen LogP contribution in [-0.2, 0) is 11.3 Å². The zero-order valence-corrected chi connectivity index (χ0v) is 15.5. The van der Waals surface area contributed by atoms with Gasteiger partial charge in [0.05, 0.1) is 23.2 Å². The lowest BCUT2D eigenvalue weighted by Crippen LogP contribution is -2.32. The Bertz CT molecular complexity index is 603. The highest BCUT2D eigenvalue weighted by Gasteiger charge is 2.13. The molecule has 0 aliphatic heterocycles. The fourth-order valence-corrected chi connectivity index (χ4v) is 3.56. The molecule has 0 aliphatic rings. The fourth-order valence-electron chi connectivity index (χ4n) is 2.27. The Hall–Kier alpha value is -0.620. The number of nitrogens with zero attached hydrogens (tertiary/aromatic N) is 1. The van der Waals surface area contributed by atoms with Gasteiger partial charge in [-0.2, -0.15) is 0 Å². The van der Waals surface area contributed by atoms with Crippen LogP contribution in [0.25, 0.3) is 0 Å². The molecule has 126 valence electrons. The maximum absolute atomic E-state index is 10.1. The number of hydrogen-bond acceptors (Lipinski definition) is 4. The van der Waals surface area contributed by atoms with E-state index in [0.29, 0.717) is 18.2 Å². The van der Waals surface area contributed by atoms with Crippen molar-refractivity contribution in [1.29, 1.82) is 0 Å². The molecule has 0 spiro atoms. The monoisotopic (exact) mass is 373 g/mol. The van der Waals surface area contributed by atoms with E-state index < -0.39 is 6.10 Å². The third-order valence-electron chi connectivity index (χ3n) is 3.46. The van der Waals surface area contributed by atoms with Gasteiger partial charge in [0, 0.05) is 23.0 Å². The molecule has 0 amide bonds. The van der Waals surface area contributed by atoms with E-state index in [0.717, 1.165) is 16.4 Å². The first kappa shape index (κ1) is 18.7. The van der Waals surface area contributed by atoms with Gasteiger partial charge in [-0.15, -0.1) is 11.3 Å². The largest absolute Gasteiger partial charge is 0.389 e. The smallest absolute Gasteiger partial charge is 0.0931 e. The summed E-state index contributed by atoms with van der Waals surface area (Å²) in [5, 5.41) is 10.8. The Labute approximate surface area is 151 Å². The molecule has 0 radical (unpaired) electrons. The van der Waals surface area contributed by atoms with Gasteiger partial charge in [0.1, 0.15) is 0 Å². The van der Waals surface area contributed by atoms with Gasteiger partial charge in [0.2, 0.25) is 0 Å². The molecule has 1 aromatic carbocycles. The summed E-state index contributed by atoms with van der Waals surface area (Å²) < 4.78 is 6.53. The van der Waals surface area contributed by atoms with E-state index in [9.17, 15) is 5.11 Å². The Kier molecular flexibility index (Phi) is 7.34. The summed E-state index contributed by atoms with van der Waals surface area (Å²) in [5.41, 5.74) is 1.04. The van der Waals surface area contributed by atoms with E-state index in [4.69, 9.17) is 27.9 Å². The minimum Gasteiger partial charge on any atom is -0.389 e. The molecule has 0 bridgehead atoms. The summed E-state index contributed by atoms with van der Waals surface area (Å²) in [6, 6.07) is 11.5. The fraction of sp³-hybridized carbons (Fsp3) is 0.412. The van der Waals surface area contributed by atoms with Crippen molar-refractivity contribution in [1.82, 2.24) is 4.90 Å². The Balaban J connectivity index is 1.73. The maximum Gasteiger partial charge on any atom is 0.0931 e. The highest BCUT2D eigenvalue weighted by atomic mass is 35.5. The number of aliphatic hydroxyl groups is 1. The number of likely N-dealkylation sites (N-methyl/N-ethyl adjacent to an activating group) is 1. The standard InChI is InChI=1S/C17H21Cl2NO2S/c1-12(13-3-5-14(18)6-4-13)22-11-15(21)9-20(2)10-16-7-8-17(19)23-16/h3-8,12,15,21H,9-11H2,1-2H3. The molecule has 1 N–H and O–H groups in total. The van der Waals surface area contributed by atoms with Crippen LogP contribution in [0.2, 0.25) is 9.36 Å². The van der Waals surface area contributed by atoms with Crippen LogP contribution in [0.4, 0.5) is 0 Å². The van der Waals surface area contributed by atoms with Gasteiger partial charge in [-0.1, -0.05) is 35.3 Å². The second-order valence-corrected chi connectivity index (χ2v) is 7.82. The van der Waals surface area contributed by atoms with Crippen LogP contribution in [0.5, 0.6) is 0 Å². The lowest BCUT2D eigenvalue weighted by Gasteiger charge is -2.21. The molecular weight excluding hydrogens is 353 g/mol. The number of thiophene rings is 1. The van der Waals surface area contributed by atoms with Crippen molar-refractivity contribution in [2.24, 2.45) is 0 Å². The minimum atomic E-state index is -0.537. The third-order valence-corrected chi connectivity index (χ3v) is 4.92. The van der Waals surface area contributed by atoms with Crippen molar-refractivity contribution < 1.29 is 9.84 Å². The second kappa shape index (κ2) is 9.02. The predicted molar refractivity (Wildman–Crippen MR) is 97.5 cm³/mol. The SMILES string of the molecule is CC(OCC(O)CN(C)Cc1ccc(Cl)s1)c1ccc(Cl)cc1. The molecule has 2 unspecified atom stereocenters. The Morgan fingerprint density at radius 1 is 1.17 bits per heavy atom. The van der Waals surface area contributed by atoms with Crippen molar-refractivity contribution in [2.45, 2.75) is 25.7 Å². The number of benzene rings is 1. The molecule has 2 atom stereocenters.